The Labute approximate surface area is 109 Å². The highest BCUT2D eigenvalue weighted by atomic mass is 19.1. The Balaban J connectivity index is 2.50. The molecule has 0 saturated heterocycles. The van der Waals surface area contributed by atoms with E-state index in [1.807, 2.05) is 0 Å². The van der Waals surface area contributed by atoms with Crippen LogP contribution in [-0.4, -0.2) is 12.9 Å². The summed E-state index contributed by atoms with van der Waals surface area (Å²) in [7, 11) is 1.32. The van der Waals surface area contributed by atoms with Crippen LogP contribution < -0.4 is 4.74 Å². The number of hydrogen-bond donors (Lipinski definition) is 0. The van der Waals surface area contributed by atoms with E-state index in [-0.39, 0.29) is 16.9 Å². The van der Waals surface area contributed by atoms with Gasteiger partial charge < -0.3 is 4.74 Å². The molecule has 2 aromatic carbocycles. The first-order valence-corrected chi connectivity index (χ1v) is 5.67. The molecular formula is C15H12F2O2. The zero-order valence-corrected chi connectivity index (χ0v) is 10.5. The first kappa shape index (κ1) is 13.2. The minimum atomic E-state index is -0.739. The van der Waals surface area contributed by atoms with Crippen molar-refractivity contribution in [2.45, 2.75) is 6.92 Å². The molecule has 0 spiro atoms. The second-order valence-corrected chi connectivity index (χ2v) is 4.17. The molecule has 0 saturated carbocycles. The van der Waals surface area contributed by atoms with Crippen molar-refractivity contribution in [3.8, 4) is 5.75 Å². The maximum atomic E-state index is 14.0. The van der Waals surface area contributed by atoms with Crippen LogP contribution in [0.1, 0.15) is 21.5 Å². The Morgan fingerprint density at radius 2 is 1.89 bits per heavy atom. The molecule has 0 N–H and O–H groups in total. The number of carbonyl (C=O) groups is 1. The summed E-state index contributed by atoms with van der Waals surface area (Å²) in [6.07, 6.45) is 0. The largest absolute Gasteiger partial charge is 0.494 e. The lowest BCUT2D eigenvalue weighted by molar-refractivity contribution is 0.103. The number of hydrogen-bond acceptors (Lipinski definition) is 2. The van der Waals surface area contributed by atoms with Crippen LogP contribution in [0.4, 0.5) is 8.78 Å². The van der Waals surface area contributed by atoms with Gasteiger partial charge in [0.15, 0.2) is 17.3 Å². The predicted molar refractivity (Wildman–Crippen MR) is 67.5 cm³/mol. The van der Waals surface area contributed by atoms with E-state index in [2.05, 4.69) is 0 Å². The van der Waals surface area contributed by atoms with Crippen LogP contribution in [-0.2, 0) is 0 Å². The molecule has 0 aliphatic heterocycles. The van der Waals surface area contributed by atoms with E-state index in [4.69, 9.17) is 4.74 Å². The summed E-state index contributed by atoms with van der Waals surface area (Å²) in [6.45, 7) is 1.67. The molecule has 0 heterocycles. The van der Waals surface area contributed by atoms with Crippen LogP contribution in [0.3, 0.4) is 0 Å². The minimum Gasteiger partial charge on any atom is -0.494 e. The highest BCUT2D eigenvalue weighted by Crippen LogP contribution is 2.23. The Morgan fingerprint density at radius 3 is 2.53 bits per heavy atom. The topological polar surface area (TPSA) is 26.3 Å². The van der Waals surface area contributed by atoms with Gasteiger partial charge in [0.1, 0.15) is 5.82 Å². The second-order valence-electron chi connectivity index (χ2n) is 4.17. The van der Waals surface area contributed by atoms with Crippen LogP contribution in [0.15, 0.2) is 36.4 Å². The number of ether oxygens (including phenoxy) is 1. The van der Waals surface area contributed by atoms with Crippen molar-refractivity contribution < 1.29 is 18.3 Å². The molecule has 2 nitrogen and oxygen atoms in total. The van der Waals surface area contributed by atoms with Crippen molar-refractivity contribution in [2.24, 2.45) is 0 Å². The number of halogens is 2. The summed E-state index contributed by atoms with van der Waals surface area (Å²) in [6, 6.07) is 8.20. The van der Waals surface area contributed by atoms with Gasteiger partial charge in [-0.3, -0.25) is 4.79 Å². The maximum absolute atomic E-state index is 14.0. The van der Waals surface area contributed by atoms with Crippen molar-refractivity contribution in [1.29, 1.82) is 0 Å². The molecule has 0 amide bonds. The maximum Gasteiger partial charge on any atom is 0.196 e. The monoisotopic (exact) mass is 262 g/mol. The molecule has 19 heavy (non-hydrogen) atoms. The Kier molecular flexibility index (Phi) is 3.60. The summed E-state index contributed by atoms with van der Waals surface area (Å²) in [4.78, 5) is 12.2. The van der Waals surface area contributed by atoms with Gasteiger partial charge in [0.25, 0.3) is 0 Å². The summed E-state index contributed by atoms with van der Waals surface area (Å²) in [5.41, 5.74) is 0.584. The Hall–Kier alpha value is -2.23. The quantitative estimate of drug-likeness (QED) is 0.791. The number of ketones is 1. The third-order valence-electron chi connectivity index (χ3n) is 2.73. The van der Waals surface area contributed by atoms with Gasteiger partial charge in [0.2, 0.25) is 0 Å². The Morgan fingerprint density at radius 1 is 1.16 bits per heavy atom. The van der Waals surface area contributed by atoms with Crippen molar-refractivity contribution in [2.75, 3.05) is 7.11 Å². The number of aryl methyl sites for hydroxylation is 1. The highest BCUT2D eigenvalue weighted by molar-refractivity contribution is 6.09. The van der Waals surface area contributed by atoms with Crippen molar-refractivity contribution in [3.05, 3.63) is 64.7 Å². The molecule has 4 heteroatoms. The fourth-order valence-electron chi connectivity index (χ4n) is 1.87. The molecule has 0 fully saturated rings. The van der Waals surface area contributed by atoms with Gasteiger partial charge in [-0.15, -0.1) is 0 Å². The summed E-state index contributed by atoms with van der Waals surface area (Å²) >= 11 is 0. The molecule has 2 aromatic rings. The molecule has 0 radical (unpaired) electrons. The first-order chi connectivity index (χ1) is 9.02. The molecule has 2 rings (SSSR count). The third-order valence-corrected chi connectivity index (χ3v) is 2.73. The van der Waals surface area contributed by atoms with Gasteiger partial charge in [0, 0.05) is 5.56 Å². The first-order valence-electron chi connectivity index (χ1n) is 5.67. The molecule has 0 aromatic heterocycles. The van der Waals surface area contributed by atoms with Gasteiger partial charge in [-0.1, -0.05) is 6.07 Å². The van der Waals surface area contributed by atoms with E-state index in [1.54, 1.807) is 6.92 Å². The molecule has 0 bridgehead atoms. The van der Waals surface area contributed by atoms with Gasteiger partial charge >= 0.3 is 0 Å². The standard InChI is InChI=1S/C15H12F2O2/c1-9-6-10(8-11(16)7-9)15(18)12-4-3-5-13(19-2)14(12)17/h3-8H,1-2H3. The van der Waals surface area contributed by atoms with E-state index in [1.165, 1.54) is 37.4 Å². The van der Waals surface area contributed by atoms with Crippen LogP contribution in [0.25, 0.3) is 0 Å². The average Bonchev–Trinajstić information content (AvgIpc) is 2.37. The van der Waals surface area contributed by atoms with E-state index in [0.29, 0.717) is 5.56 Å². The molecule has 0 aliphatic carbocycles. The minimum absolute atomic E-state index is 0.0148. The number of carbonyl (C=O) groups excluding carboxylic acids is 1. The lowest BCUT2D eigenvalue weighted by atomic mass is 10.0. The van der Waals surface area contributed by atoms with Gasteiger partial charge in [-0.2, -0.15) is 0 Å². The molecular weight excluding hydrogens is 250 g/mol. The molecule has 0 atom stereocenters. The lowest BCUT2D eigenvalue weighted by Gasteiger charge is -2.07. The molecule has 0 aliphatic rings. The summed E-state index contributed by atoms with van der Waals surface area (Å²) < 4.78 is 32.1. The fraction of sp³-hybridized carbons (Fsp3) is 0.133. The van der Waals surface area contributed by atoms with E-state index < -0.39 is 17.4 Å². The van der Waals surface area contributed by atoms with Crippen LogP contribution >= 0.6 is 0 Å². The van der Waals surface area contributed by atoms with Crippen LogP contribution in [0.2, 0.25) is 0 Å². The van der Waals surface area contributed by atoms with Crippen molar-refractivity contribution in [1.82, 2.24) is 0 Å². The summed E-state index contributed by atoms with van der Waals surface area (Å²) in [5, 5.41) is 0. The zero-order valence-electron chi connectivity index (χ0n) is 10.5. The normalized spacial score (nSPS) is 10.3. The fourth-order valence-corrected chi connectivity index (χ4v) is 1.87. The van der Waals surface area contributed by atoms with Gasteiger partial charge in [-0.25, -0.2) is 8.78 Å². The van der Waals surface area contributed by atoms with Crippen molar-refractivity contribution >= 4 is 5.78 Å². The van der Waals surface area contributed by atoms with E-state index >= 15 is 0 Å². The number of benzene rings is 2. The average molecular weight is 262 g/mol. The SMILES string of the molecule is COc1cccc(C(=O)c2cc(C)cc(F)c2)c1F. The van der Waals surface area contributed by atoms with Crippen LogP contribution in [0.5, 0.6) is 5.75 Å². The lowest BCUT2D eigenvalue weighted by Crippen LogP contribution is -2.06. The van der Waals surface area contributed by atoms with Crippen LogP contribution in [0, 0.1) is 18.6 Å². The van der Waals surface area contributed by atoms with Crippen molar-refractivity contribution in [3.63, 3.8) is 0 Å². The van der Waals surface area contributed by atoms with E-state index in [9.17, 15) is 13.6 Å². The predicted octanol–water partition coefficient (Wildman–Crippen LogP) is 3.51. The summed E-state index contributed by atoms with van der Waals surface area (Å²) in [5.74, 6) is -1.85. The van der Waals surface area contributed by atoms with Gasteiger partial charge in [0.05, 0.1) is 12.7 Å². The molecule has 0 unspecified atom stereocenters. The smallest absolute Gasteiger partial charge is 0.196 e. The Bertz CT molecular complexity index is 616. The molecule has 98 valence electrons. The highest BCUT2D eigenvalue weighted by Gasteiger charge is 2.17. The second kappa shape index (κ2) is 5.18. The number of rotatable bonds is 3. The van der Waals surface area contributed by atoms with Gasteiger partial charge in [-0.05, 0) is 42.8 Å². The zero-order chi connectivity index (χ0) is 14.0. The van der Waals surface area contributed by atoms with E-state index in [0.717, 1.165) is 6.07 Å². The number of methoxy groups -OCH3 is 1. The third kappa shape index (κ3) is 2.62.